The van der Waals surface area contributed by atoms with Crippen LogP contribution < -0.4 is 20.5 Å². The number of benzene rings is 2. The number of ether oxygens (including phenoxy) is 5. The Morgan fingerprint density at radius 1 is 0.732 bits per heavy atom. The van der Waals surface area contributed by atoms with Crippen molar-refractivity contribution < 1.29 is 37.3 Å². The molecule has 12 rings (SSSR count). The van der Waals surface area contributed by atoms with Crippen molar-refractivity contribution in [1.82, 2.24) is 25.3 Å². The highest BCUT2D eigenvalue weighted by atomic mass is 32.2. The summed E-state index contributed by atoms with van der Waals surface area (Å²) in [6, 6.07) is 22.1. The van der Waals surface area contributed by atoms with E-state index in [1.807, 2.05) is 42.5 Å². The van der Waals surface area contributed by atoms with Crippen LogP contribution in [0.25, 0.3) is 27.8 Å². The Morgan fingerprint density at radius 3 is 1.93 bits per heavy atom. The lowest BCUT2D eigenvalue weighted by molar-refractivity contribution is 0.0564. The van der Waals surface area contributed by atoms with Crippen LogP contribution in [0.4, 0.5) is 13.6 Å². The number of nitrogens with one attached hydrogen (secondary N) is 1. The number of halogens is 2. The van der Waals surface area contributed by atoms with Crippen LogP contribution in [0.1, 0.15) is 79.6 Å². The van der Waals surface area contributed by atoms with E-state index in [4.69, 9.17) is 44.4 Å². The van der Waals surface area contributed by atoms with Gasteiger partial charge >= 0.3 is 6.09 Å². The van der Waals surface area contributed by atoms with Crippen LogP contribution in [0.15, 0.2) is 114 Å². The predicted octanol–water partition coefficient (Wildman–Crippen LogP) is 10.7. The summed E-state index contributed by atoms with van der Waals surface area (Å²) in [5.41, 5.74) is 12.5. The molecule has 6 aliphatic rings. The molecule has 1 fully saturated rings. The van der Waals surface area contributed by atoms with Gasteiger partial charge in [0, 0.05) is 82.1 Å². The first-order chi connectivity index (χ1) is 34.4. The lowest BCUT2D eigenvalue weighted by Crippen LogP contribution is -2.35. The highest BCUT2D eigenvalue weighted by molar-refractivity contribution is 8.14. The number of nitrogens with two attached hydrogens (primary N) is 1. The molecule has 4 aromatic heterocycles. The van der Waals surface area contributed by atoms with Gasteiger partial charge in [-0.05, 0) is 117 Å². The number of pyridine rings is 4. The first-order valence-corrected chi connectivity index (χ1v) is 25.3. The summed E-state index contributed by atoms with van der Waals surface area (Å²) >= 11 is 2.94. The van der Waals surface area contributed by atoms with Crippen molar-refractivity contribution in [2.24, 2.45) is 15.7 Å². The highest BCUT2D eigenvalue weighted by Crippen LogP contribution is 2.56. The summed E-state index contributed by atoms with van der Waals surface area (Å²) in [6.07, 6.45) is 10.5. The number of amides is 1. The second kappa shape index (κ2) is 18.8. The van der Waals surface area contributed by atoms with E-state index in [0.29, 0.717) is 80.7 Å². The summed E-state index contributed by atoms with van der Waals surface area (Å²) in [5.74, 6) is 2.98. The van der Waals surface area contributed by atoms with Crippen LogP contribution in [0.3, 0.4) is 0 Å². The third kappa shape index (κ3) is 9.02. The predicted molar refractivity (Wildman–Crippen MR) is 269 cm³/mol. The monoisotopic (exact) mass is 994 g/mol. The fourth-order valence-electron chi connectivity index (χ4n) is 9.66. The molecule has 0 unspecified atom stereocenters. The Hall–Kier alpha value is -6.73. The van der Waals surface area contributed by atoms with Crippen molar-refractivity contribution in [3.63, 3.8) is 0 Å². The van der Waals surface area contributed by atoms with Crippen LogP contribution in [0.5, 0.6) is 23.0 Å². The maximum absolute atomic E-state index is 14.7. The minimum absolute atomic E-state index is 0.346. The van der Waals surface area contributed by atoms with Crippen LogP contribution in [-0.4, -0.2) is 79.9 Å². The number of carbonyl (C=O) groups excluding carboxylic acids is 1. The molecule has 0 aliphatic carbocycles. The zero-order valence-electron chi connectivity index (χ0n) is 39.0. The first-order valence-electron chi connectivity index (χ1n) is 23.3. The largest absolute Gasteiger partial charge is 0.455 e. The van der Waals surface area contributed by atoms with Gasteiger partial charge < -0.3 is 29.4 Å². The molecule has 2 atom stereocenters. The number of hydrogen-bond donors (Lipinski definition) is 2. The van der Waals surface area contributed by atoms with Gasteiger partial charge in [0.15, 0.2) is 21.8 Å². The minimum Gasteiger partial charge on any atom is -0.455 e. The molecule has 1 saturated heterocycles. The van der Waals surface area contributed by atoms with Crippen molar-refractivity contribution in [3.8, 4) is 45.3 Å². The number of nitrogens with zero attached hydrogens (tertiary/aromatic N) is 6. The third-order valence-corrected chi connectivity index (χ3v) is 15.0. The van der Waals surface area contributed by atoms with E-state index < -0.39 is 34.7 Å². The Kier molecular flexibility index (Phi) is 12.3. The van der Waals surface area contributed by atoms with E-state index in [-0.39, 0.29) is 0 Å². The Labute approximate surface area is 417 Å². The molecule has 18 heteroatoms. The van der Waals surface area contributed by atoms with Gasteiger partial charge in [-0.3, -0.25) is 15.3 Å². The quantitative estimate of drug-likeness (QED) is 0.160. The van der Waals surface area contributed by atoms with Crippen LogP contribution >= 0.6 is 23.5 Å². The number of rotatable bonds is 4. The second-order valence-corrected chi connectivity index (χ2v) is 20.7. The van der Waals surface area contributed by atoms with E-state index in [0.717, 1.165) is 77.3 Å². The maximum Gasteiger partial charge on any atom is 0.413 e. The lowest BCUT2D eigenvalue weighted by atomic mass is 9.80. The van der Waals surface area contributed by atoms with Gasteiger partial charge in [0.1, 0.15) is 28.2 Å². The minimum atomic E-state index is -0.907. The smallest absolute Gasteiger partial charge is 0.413 e. The number of aromatic nitrogens is 4. The Bertz CT molecular complexity index is 3200. The van der Waals surface area contributed by atoms with E-state index in [9.17, 15) is 13.6 Å². The molecule has 2 spiro atoms. The molecule has 0 radical (unpaired) electrons. The van der Waals surface area contributed by atoms with Crippen LogP contribution in [0, 0.1) is 11.9 Å². The van der Waals surface area contributed by atoms with Gasteiger partial charge in [-0.1, -0.05) is 41.7 Å². The molecular formula is C53H48F2N8O6S2. The van der Waals surface area contributed by atoms with Gasteiger partial charge in [0.2, 0.25) is 11.9 Å². The molecular weight excluding hydrogens is 947 g/mol. The molecule has 71 heavy (non-hydrogen) atoms. The molecule has 0 bridgehead atoms. The van der Waals surface area contributed by atoms with Gasteiger partial charge in [-0.2, -0.15) is 8.78 Å². The van der Waals surface area contributed by atoms with E-state index in [1.54, 1.807) is 63.5 Å². The SMILES string of the molecule is CC(C)(C)OC(=O)NC1=N[C@@]2(CS1)c1cc(-c3cccnc3F)ccc1Oc1cnc(C3=CCOCC3)cc12.NC1=N[C@@]2(CS1)c1cc(-c3cccnc3F)ccc1Oc1cnc(C3CCOCC3)cc12. The summed E-state index contributed by atoms with van der Waals surface area (Å²) < 4.78 is 58.1. The normalized spacial score (nSPS) is 20.9. The molecule has 1 amide bonds. The van der Waals surface area contributed by atoms with Gasteiger partial charge in [-0.25, -0.2) is 24.7 Å². The molecule has 2 aromatic carbocycles. The standard InChI is InChI=1S/C29H27FN4O4S.C24H21FN4O2S/c1-28(2,3)38-27(35)33-26-34-29(16-39-26)20-13-18(19-5-4-10-31-25(19)30)6-7-23(20)37-24-15-32-22(14-21(24)29)17-8-11-36-12-9-17;25-22-16(2-1-7-27-22)15-3-4-20-17(10-15)24(13-32-23(26)29-24)18-11-19(28-12-21(18)31-20)14-5-8-30-9-6-14/h4-8,10,13-15H,9,11-12,16H2,1-3H3,(H,33,34,35);1-4,7,10-12,14H,5-6,8-9,13H2,(H2,26,29)/t29-;24-/m00/s1. The molecule has 3 N–H and O–H groups in total. The van der Waals surface area contributed by atoms with Gasteiger partial charge in [0.25, 0.3) is 0 Å². The van der Waals surface area contributed by atoms with Gasteiger partial charge in [-0.15, -0.1) is 0 Å². The summed E-state index contributed by atoms with van der Waals surface area (Å²) in [7, 11) is 0. The lowest BCUT2D eigenvalue weighted by Gasteiger charge is -2.35. The zero-order valence-corrected chi connectivity index (χ0v) is 40.7. The second-order valence-electron chi connectivity index (χ2n) is 18.7. The van der Waals surface area contributed by atoms with Crippen molar-refractivity contribution in [3.05, 3.63) is 149 Å². The zero-order chi connectivity index (χ0) is 48.9. The van der Waals surface area contributed by atoms with Gasteiger partial charge in [0.05, 0.1) is 31.3 Å². The van der Waals surface area contributed by atoms with Crippen molar-refractivity contribution >= 4 is 45.5 Å². The van der Waals surface area contributed by atoms with Crippen molar-refractivity contribution in [2.45, 2.75) is 62.6 Å². The van der Waals surface area contributed by atoms with Crippen molar-refractivity contribution in [2.75, 3.05) is 37.9 Å². The average molecular weight is 995 g/mol. The van der Waals surface area contributed by atoms with E-state index in [1.165, 1.54) is 35.9 Å². The Morgan fingerprint density at radius 2 is 1.34 bits per heavy atom. The fourth-order valence-corrected chi connectivity index (χ4v) is 11.7. The average Bonchev–Trinajstić information content (AvgIpc) is 3.98. The number of hydrogen-bond acceptors (Lipinski definition) is 15. The first kappa shape index (κ1) is 46.6. The number of carbonyl (C=O) groups is 1. The number of amidine groups is 2. The molecule has 14 nitrogen and oxygen atoms in total. The molecule has 6 aliphatic heterocycles. The Balaban J connectivity index is 0.000000157. The van der Waals surface area contributed by atoms with Crippen LogP contribution in [-0.2, 0) is 25.3 Å². The van der Waals surface area contributed by atoms with Crippen LogP contribution in [0.2, 0.25) is 0 Å². The highest BCUT2D eigenvalue weighted by Gasteiger charge is 2.48. The van der Waals surface area contributed by atoms with Crippen molar-refractivity contribution in [1.29, 1.82) is 0 Å². The topological polar surface area (TPSA) is 178 Å². The fraction of sp³-hybridized carbons (Fsp3) is 0.302. The number of fused-ring (bicyclic) bond motifs is 8. The number of aliphatic imine (C=N–C) groups is 2. The molecule has 10 heterocycles. The molecule has 6 aromatic rings. The van der Waals surface area contributed by atoms with E-state index >= 15 is 0 Å². The van der Waals surface area contributed by atoms with E-state index in [2.05, 4.69) is 26.3 Å². The molecule has 362 valence electrons. The molecule has 0 saturated carbocycles. The summed E-state index contributed by atoms with van der Waals surface area (Å²) in [4.78, 5) is 39.6. The summed E-state index contributed by atoms with van der Waals surface area (Å²) in [6.45, 7) is 8.08. The summed E-state index contributed by atoms with van der Waals surface area (Å²) in [5, 5.41) is 3.77. The number of thioether (sulfide) groups is 2. The third-order valence-electron chi connectivity index (χ3n) is 13.1. The maximum atomic E-state index is 14.7. The number of alkyl carbamates (subject to hydrolysis) is 1.